The smallest absolute Gasteiger partial charge is 0.145 e. The Kier molecular flexibility index (Phi) is 4.70. The van der Waals surface area contributed by atoms with Gasteiger partial charge in [0.1, 0.15) is 15.8 Å². The molecule has 6 heteroatoms. The number of rotatable bonds is 5. The number of thiophene rings is 1. The van der Waals surface area contributed by atoms with Crippen LogP contribution in [0.4, 0.5) is 0 Å². The van der Waals surface area contributed by atoms with E-state index in [4.69, 9.17) is 16.9 Å². The van der Waals surface area contributed by atoms with Gasteiger partial charge in [-0.3, -0.25) is 4.90 Å². The molecule has 0 aromatic carbocycles. The first kappa shape index (κ1) is 14.2. The van der Waals surface area contributed by atoms with Crippen LogP contribution in [0, 0.1) is 17.2 Å². The van der Waals surface area contributed by atoms with E-state index in [-0.39, 0.29) is 5.92 Å². The highest BCUT2D eigenvalue weighted by molar-refractivity contribution is 7.16. The van der Waals surface area contributed by atoms with Gasteiger partial charge in [0.05, 0.1) is 18.5 Å². The zero-order chi connectivity index (χ0) is 13.8. The van der Waals surface area contributed by atoms with E-state index in [9.17, 15) is 0 Å². The number of hydrogen-bond donors (Lipinski definition) is 0. The van der Waals surface area contributed by atoms with Gasteiger partial charge in [0.25, 0.3) is 0 Å². The first-order valence-corrected chi connectivity index (χ1v) is 7.41. The minimum atomic E-state index is 0.000825. The van der Waals surface area contributed by atoms with Crippen LogP contribution in [0.1, 0.15) is 19.7 Å². The average molecular weight is 295 g/mol. The van der Waals surface area contributed by atoms with Crippen molar-refractivity contribution in [2.45, 2.75) is 20.4 Å². The van der Waals surface area contributed by atoms with Crippen molar-refractivity contribution in [3.05, 3.63) is 22.4 Å². The van der Waals surface area contributed by atoms with Crippen LogP contribution in [-0.4, -0.2) is 28.0 Å². The minimum absolute atomic E-state index is 0.000825. The quantitative estimate of drug-likeness (QED) is 0.794. The van der Waals surface area contributed by atoms with E-state index in [0.29, 0.717) is 17.5 Å². The second-order valence-electron chi connectivity index (χ2n) is 4.43. The summed E-state index contributed by atoms with van der Waals surface area (Å²) in [7, 11) is 0. The molecular formula is C13H15ClN4S. The van der Waals surface area contributed by atoms with Crippen LogP contribution >= 0.6 is 22.9 Å². The van der Waals surface area contributed by atoms with Crippen LogP contribution in [0.15, 0.2) is 11.4 Å². The molecule has 100 valence electrons. The van der Waals surface area contributed by atoms with Gasteiger partial charge in [0.15, 0.2) is 0 Å². The monoisotopic (exact) mass is 294 g/mol. The van der Waals surface area contributed by atoms with Gasteiger partial charge in [-0.2, -0.15) is 5.26 Å². The van der Waals surface area contributed by atoms with Gasteiger partial charge in [-0.25, -0.2) is 9.97 Å². The van der Waals surface area contributed by atoms with E-state index in [1.165, 1.54) is 0 Å². The molecule has 0 N–H and O–H groups in total. The third-order valence-corrected chi connectivity index (χ3v) is 3.98. The standard InChI is InChI=1S/C13H15ClN4S/c1-3-18(7-9(2)6-15)8-11-16-12(14)10-4-5-19-13(10)17-11/h4-5,9H,3,7-8H2,1-2H3. The predicted molar refractivity (Wildman–Crippen MR) is 78.2 cm³/mol. The van der Waals surface area contributed by atoms with Crippen molar-refractivity contribution in [2.75, 3.05) is 13.1 Å². The Balaban J connectivity index is 2.17. The van der Waals surface area contributed by atoms with Gasteiger partial charge in [0.2, 0.25) is 0 Å². The molecule has 2 heterocycles. The largest absolute Gasteiger partial charge is 0.295 e. The molecule has 0 saturated heterocycles. The lowest BCUT2D eigenvalue weighted by Crippen LogP contribution is -2.28. The molecule has 0 aliphatic carbocycles. The number of aromatic nitrogens is 2. The van der Waals surface area contributed by atoms with Crippen molar-refractivity contribution in [1.29, 1.82) is 5.26 Å². The van der Waals surface area contributed by atoms with E-state index < -0.39 is 0 Å². The van der Waals surface area contributed by atoms with Gasteiger partial charge in [0, 0.05) is 11.9 Å². The summed E-state index contributed by atoms with van der Waals surface area (Å²) in [5.74, 6) is 0.716. The van der Waals surface area contributed by atoms with E-state index >= 15 is 0 Å². The highest BCUT2D eigenvalue weighted by Gasteiger charge is 2.12. The highest BCUT2D eigenvalue weighted by atomic mass is 35.5. The molecule has 0 amide bonds. The Labute approximate surface area is 121 Å². The topological polar surface area (TPSA) is 52.8 Å². The second-order valence-corrected chi connectivity index (χ2v) is 5.68. The zero-order valence-electron chi connectivity index (χ0n) is 10.9. The highest BCUT2D eigenvalue weighted by Crippen LogP contribution is 2.25. The van der Waals surface area contributed by atoms with Crippen molar-refractivity contribution < 1.29 is 0 Å². The molecule has 0 bridgehead atoms. The van der Waals surface area contributed by atoms with Crippen LogP contribution < -0.4 is 0 Å². The molecule has 0 fully saturated rings. The van der Waals surface area contributed by atoms with Crippen LogP contribution in [0.3, 0.4) is 0 Å². The van der Waals surface area contributed by atoms with Gasteiger partial charge in [-0.15, -0.1) is 11.3 Å². The summed E-state index contributed by atoms with van der Waals surface area (Å²) in [6, 6.07) is 4.18. The van der Waals surface area contributed by atoms with Crippen LogP contribution in [-0.2, 0) is 6.54 Å². The van der Waals surface area contributed by atoms with Crippen molar-refractivity contribution in [2.24, 2.45) is 5.92 Å². The van der Waals surface area contributed by atoms with Crippen molar-refractivity contribution >= 4 is 33.2 Å². The van der Waals surface area contributed by atoms with Crippen molar-refractivity contribution in [1.82, 2.24) is 14.9 Å². The number of fused-ring (bicyclic) bond motifs is 1. The molecule has 0 aliphatic rings. The molecule has 4 nitrogen and oxygen atoms in total. The van der Waals surface area contributed by atoms with Crippen LogP contribution in [0.25, 0.3) is 10.2 Å². The average Bonchev–Trinajstić information content (AvgIpc) is 2.86. The maximum atomic E-state index is 8.88. The van der Waals surface area contributed by atoms with Gasteiger partial charge in [-0.05, 0) is 24.9 Å². The van der Waals surface area contributed by atoms with Gasteiger partial charge in [-0.1, -0.05) is 18.5 Å². The molecule has 0 saturated carbocycles. The number of halogens is 1. The van der Waals surface area contributed by atoms with Crippen LogP contribution in [0.5, 0.6) is 0 Å². The molecule has 0 aliphatic heterocycles. The van der Waals surface area contributed by atoms with E-state index in [1.54, 1.807) is 11.3 Å². The number of nitrogens with zero attached hydrogens (tertiary/aromatic N) is 4. The molecule has 2 rings (SSSR count). The van der Waals surface area contributed by atoms with E-state index in [0.717, 1.165) is 23.3 Å². The summed E-state index contributed by atoms with van der Waals surface area (Å²) in [6.07, 6.45) is 0. The summed E-state index contributed by atoms with van der Waals surface area (Å²) in [5.41, 5.74) is 0. The molecule has 1 unspecified atom stereocenters. The summed E-state index contributed by atoms with van der Waals surface area (Å²) in [5, 5.41) is 12.2. The minimum Gasteiger partial charge on any atom is -0.295 e. The maximum Gasteiger partial charge on any atom is 0.145 e. The summed E-state index contributed by atoms with van der Waals surface area (Å²) >= 11 is 7.71. The summed E-state index contributed by atoms with van der Waals surface area (Å²) in [4.78, 5) is 11.9. The fourth-order valence-electron chi connectivity index (χ4n) is 1.86. The Morgan fingerprint density at radius 3 is 3.00 bits per heavy atom. The lowest BCUT2D eigenvalue weighted by Gasteiger charge is -2.20. The van der Waals surface area contributed by atoms with Crippen LogP contribution in [0.2, 0.25) is 5.15 Å². The first-order valence-electron chi connectivity index (χ1n) is 6.15. The lowest BCUT2D eigenvalue weighted by atomic mass is 10.2. The molecule has 0 spiro atoms. The Morgan fingerprint density at radius 2 is 2.32 bits per heavy atom. The molecule has 2 aromatic heterocycles. The molecule has 19 heavy (non-hydrogen) atoms. The number of hydrogen-bond acceptors (Lipinski definition) is 5. The normalized spacial score (nSPS) is 12.8. The molecule has 2 aromatic rings. The molecular weight excluding hydrogens is 280 g/mol. The Bertz CT molecular complexity index is 604. The van der Waals surface area contributed by atoms with Gasteiger partial charge < -0.3 is 0 Å². The van der Waals surface area contributed by atoms with Crippen molar-refractivity contribution in [3.63, 3.8) is 0 Å². The second kappa shape index (κ2) is 6.29. The predicted octanol–water partition coefficient (Wildman–Crippen LogP) is 3.33. The first-order chi connectivity index (χ1) is 9.13. The molecule has 1 atom stereocenters. The van der Waals surface area contributed by atoms with E-state index in [1.807, 2.05) is 18.4 Å². The lowest BCUT2D eigenvalue weighted by molar-refractivity contribution is 0.254. The van der Waals surface area contributed by atoms with Gasteiger partial charge >= 0.3 is 0 Å². The van der Waals surface area contributed by atoms with E-state index in [2.05, 4.69) is 27.9 Å². The Hall–Kier alpha value is -1.22. The third kappa shape index (κ3) is 3.41. The zero-order valence-corrected chi connectivity index (χ0v) is 12.5. The van der Waals surface area contributed by atoms with Crippen molar-refractivity contribution in [3.8, 4) is 6.07 Å². The molecule has 0 radical (unpaired) electrons. The maximum absolute atomic E-state index is 8.88. The fourth-order valence-corrected chi connectivity index (χ4v) is 2.95. The Morgan fingerprint density at radius 1 is 1.53 bits per heavy atom. The third-order valence-electron chi connectivity index (χ3n) is 2.89. The fraction of sp³-hybridized carbons (Fsp3) is 0.462. The summed E-state index contributed by atoms with van der Waals surface area (Å²) in [6.45, 7) is 6.18. The SMILES string of the molecule is CCN(Cc1nc(Cl)c2ccsc2n1)CC(C)C#N. The summed E-state index contributed by atoms with van der Waals surface area (Å²) < 4.78 is 0. The number of nitriles is 1.